The molecule has 94 valence electrons. The zero-order chi connectivity index (χ0) is 13.1. The van der Waals surface area contributed by atoms with Crippen molar-refractivity contribution in [3.63, 3.8) is 0 Å². The van der Waals surface area contributed by atoms with Crippen molar-refractivity contribution in [2.24, 2.45) is 0 Å². The van der Waals surface area contributed by atoms with E-state index in [0.717, 1.165) is 10.9 Å². The number of hydrogen-bond donors (Lipinski definition) is 2. The summed E-state index contributed by atoms with van der Waals surface area (Å²) < 4.78 is 0. The molecule has 19 heavy (non-hydrogen) atoms. The molecule has 0 aliphatic rings. The van der Waals surface area contributed by atoms with E-state index < -0.39 is 5.69 Å². The van der Waals surface area contributed by atoms with Gasteiger partial charge in [-0.2, -0.15) is 4.98 Å². The quantitative estimate of drug-likeness (QED) is 0.747. The number of benzene rings is 1. The molecule has 2 heterocycles. The van der Waals surface area contributed by atoms with Crippen LogP contribution in [0.2, 0.25) is 0 Å². The van der Waals surface area contributed by atoms with E-state index in [4.69, 9.17) is 0 Å². The van der Waals surface area contributed by atoms with Crippen LogP contribution in [0.5, 0.6) is 0 Å². The van der Waals surface area contributed by atoms with Crippen molar-refractivity contribution in [1.82, 2.24) is 15.0 Å². The number of nitrogens with zero attached hydrogens (tertiary/aromatic N) is 2. The molecule has 0 spiro atoms. The summed E-state index contributed by atoms with van der Waals surface area (Å²) in [5.74, 6) is 0.552. The highest BCUT2D eigenvalue weighted by atomic mass is 16.1. The van der Waals surface area contributed by atoms with Crippen molar-refractivity contribution < 1.29 is 0 Å². The molecule has 0 aliphatic carbocycles. The molecule has 0 atom stereocenters. The third kappa shape index (κ3) is 2.44. The molecule has 5 nitrogen and oxygen atoms in total. The number of rotatable bonds is 3. The lowest BCUT2D eigenvalue weighted by atomic mass is 10.2. The molecule has 2 aromatic heterocycles. The van der Waals surface area contributed by atoms with Gasteiger partial charge in [0, 0.05) is 12.7 Å². The number of fused-ring (bicyclic) bond motifs is 1. The maximum absolute atomic E-state index is 11.5. The van der Waals surface area contributed by atoms with E-state index in [1.165, 1.54) is 0 Å². The van der Waals surface area contributed by atoms with Crippen molar-refractivity contribution in [2.75, 3.05) is 5.32 Å². The lowest BCUT2D eigenvalue weighted by Gasteiger charge is -2.07. The van der Waals surface area contributed by atoms with Gasteiger partial charge in [-0.1, -0.05) is 30.3 Å². The zero-order valence-electron chi connectivity index (χ0n) is 10.1. The Hall–Kier alpha value is -2.69. The molecule has 0 fully saturated rings. The van der Waals surface area contributed by atoms with Gasteiger partial charge < -0.3 is 5.32 Å². The molecule has 0 bridgehead atoms. The fourth-order valence-corrected chi connectivity index (χ4v) is 1.90. The Bertz CT molecular complexity index is 752. The van der Waals surface area contributed by atoms with Crippen molar-refractivity contribution in [1.29, 1.82) is 0 Å². The number of anilines is 1. The Morgan fingerprint density at radius 1 is 1.11 bits per heavy atom. The lowest BCUT2D eigenvalue weighted by molar-refractivity contribution is 1.05. The van der Waals surface area contributed by atoms with Crippen LogP contribution >= 0.6 is 0 Å². The van der Waals surface area contributed by atoms with E-state index in [1.807, 2.05) is 42.5 Å². The van der Waals surface area contributed by atoms with Crippen LogP contribution in [0, 0.1) is 0 Å². The summed E-state index contributed by atoms with van der Waals surface area (Å²) in [6, 6.07) is 13.6. The molecule has 0 aliphatic heterocycles. The summed E-state index contributed by atoms with van der Waals surface area (Å²) >= 11 is 0. The Labute approximate surface area is 109 Å². The normalized spacial score (nSPS) is 10.5. The van der Waals surface area contributed by atoms with Gasteiger partial charge in [-0.05, 0) is 17.7 Å². The number of H-pyrrole nitrogens is 1. The van der Waals surface area contributed by atoms with Crippen LogP contribution in [-0.4, -0.2) is 15.0 Å². The molecular weight excluding hydrogens is 240 g/mol. The second kappa shape index (κ2) is 4.89. The molecule has 0 saturated carbocycles. The number of nitrogens with one attached hydrogen (secondary N) is 2. The predicted molar refractivity (Wildman–Crippen MR) is 73.9 cm³/mol. The molecule has 1 aromatic carbocycles. The fraction of sp³-hybridized carbons (Fsp3) is 0.0714. The van der Waals surface area contributed by atoms with Crippen molar-refractivity contribution in [3.8, 4) is 0 Å². The van der Waals surface area contributed by atoms with Gasteiger partial charge in [-0.25, -0.2) is 9.78 Å². The Morgan fingerprint density at radius 2 is 1.95 bits per heavy atom. The lowest BCUT2D eigenvalue weighted by Crippen LogP contribution is -2.14. The first-order chi connectivity index (χ1) is 9.33. The largest absolute Gasteiger partial charge is 0.365 e. The summed E-state index contributed by atoms with van der Waals surface area (Å²) in [7, 11) is 0. The average Bonchev–Trinajstić information content (AvgIpc) is 2.45. The van der Waals surface area contributed by atoms with Gasteiger partial charge in [0.15, 0.2) is 0 Å². The van der Waals surface area contributed by atoms with E-state index in [2.05, 4.69) is 20.3 Å². The maximum atomic E-state index is 11.5. The minimum atomic E-state index is -0.401. The smallest absolute Gasteiger partial charge is 0.348 e. The molecule has 3 rings (SSSR count). The zero-order valence-corrected chi connectivity index (χ0v) is 10.1. The molecule has 5 heteroatoms. The van der Waals surface area contributed by atoms with Crippen molar-refractivity contribution in [2.45, 2.75) is 6.54 Å². The molecule has 0 amide bonds. The number of aromatic nitrogens is 3. The van der Waals surface area contributed by atoms with Gasteiger partial charge in [0.25, 0.3) is 0 Å². The maximum Gasteiger partial charge on any atom is 0.348 e. The highest BCUT2D eigenvalue weighted by Gasteiger charge is 2.04. The summed E-state index contributed by atoms with van der Waals surface area (Å²) in [4.78, 5) is 22.2. The summed E-state index contributed by atoms with van der Waals surface area (Å²) in [5, 5.41) is 3.98. The van der Waals surface area contributed by atoms with Gasteiger partial charge in [-0.3, -0.25) is 4.98 Å². The van der Waals surface area contributed by atoms with Crippen LogP contribution in [0.15, 0.2) is 53.5 Å². The summed E-state index contributed by atoms with van der Waals surface area (Å²) in [5.41, 5.74) is 1.27. The minimum Gasteiger partial charge on any atom is -0.365 e. The van der Waals surface area contributed by atoms with Gasteiger partial charge in [0.2, 0.25) is 0 Å². The third-order valence-corrected chi connectivity index (χ3v) is 2.80. The van der Waals surface area contributed by atoms with Gasteiger partial charge in [0.1, 0.15) is 11.5 Å². The first kappa shape index (κ1) is 11.4. The van der Waals surface area contributed by atoms with Gasteiger partial charge >= 0.3 is 5.69 Å². The second-order valence-electron chi connectivity index (χ2n) is 4.13. The van der Waals surface area contributed by atoms with E-state index >= 15 is 0 Å². The Morgan fingerprint density at radius 3 is 2.79 bits per heavy atom. The van der Waals surface area contributed by atoms with Crippen molar-refractivity contribution in [3.05, 3.63) is 64.7 Å². The van der Waals surface area contributed by atoms with Crippen LogP contribution in [-0.2, 0) is 6.54 Å². The predicted octanol–water partition coefficient (Wildman–Crippen LogP) is 1.93. The molecule has 3 aromatic rings. The second-order valence-corrected chi connectivity index (χ2v) is 4.13. The summed E-state index contributed by atoms with van der Waals surface area (Å²) in [6.07, 6.45) is 1.64. The van der Waals surface area contributed by atoms with E-state index in [-0.39, 0.29) is 0 Å². The van der Waals surface area contributed by atoms with Crippen LogP contribution in [0.4, 0.5) is 5.82 Å². The standard InChI is InChI=1S/C14H12N4O/c19-14-17-12-11(7-4-8-15-12)13(18-14)16-9-10-5-2-1-3-6-10/h1-8H,9H2,(H2,15,16,17,18,19). The molecule has 0 unspecified atom stereocenters. The van der Waals surface area contributed by atoms with E-state index in [9.17, 15) is 4.79 Å². The van der Waals surface area contributed by atoms with E-state index in [0.29, 0.717) is 18.0 Å². The van der Waals surface area contributed by atoms with E-state index in [1.54, 1.807) is 6.20 Å². The molecule has 2 N–H and O–H groups in total. The van der Waals surface area contributed by atoms with Crippen LogP contribution in [0.25, 0.3) is 11.0 Å². The number of pyridine rings is 1. The SMILES string of the molecule is O=c1nc(NCc2ccccc2)c2cccnc2[nH]1. The molecule has 0 radical (unpaired) electrons. The topological polar surface area (TPSA) is 70.7 Å². The van der Waals surface area contributed by atoms with Crippen molar-refractivity contribution >= 4 is 16.9 Å². The third-order valence-electron chi connectivity index (χ3n) is 2.80. The number of aromatic amines is 1. The Kier molecular flexibility index (Phi) is 2.94. The molecular formula is C14H12N4O. The van der Waals surface area contributed by atoms with Crippen LogP contribution in [0.3, 0.4) is 0 Å². The van der Waals surface area contributed by atoms with Gasteiger partial charge in [0.05, 0.1) is 5.39 Å². The minimum absolute atomic E-state index is 0.401. The van der Waals surface area contributed by atoms with Crippen LogP contribution < -0.4 is 11.0 Å². The highest BCUT2D eigenvalue weighted by Crippen LogP contribution is 2.15. The first-order valence-electron chi connectivity index (χ1n) is 5.96. The monoisotopic (exact) mass is 252 g/mol. The average molecular weight is 252 g/mol. The first-order valence-corrected chi connectivity index (χ1v) is 5.96. The summed E-state index contributed by atoms with van der Waals surface area (Å²) in [6.45, 7) is 0.612. The fourth-order valence-electron chi connectivity index (χ4n) is 1.90. The highest BCUT2D eigenvalue weighted by molar-refractivity contribution is 5.85. The molecule has 0 saturated heterocycles. The van der Waals surface area contributed by atoms with Crippen LogP contribution in [0.1, 0.15) is 5.56 Å². The Balaban J connectivity index is 1.94. The van der Waals surface area contributed by atoms with Gasteiger partial charge in [-0.15, -0.1) is 0 Å². The number of hydrogen-bond acceptors (Lipinski definition) is 4.